The van der Waals surface area contributed by atoms with Crippen molar-refractivity contribution in [2.24, 2.45) is 0 Å². The average Bonchev–Trinajstić information content (AvgIpc) is 3.11. The van der Waals surface area contributed by atoms with Gasteiger partial charge in [-0.3, -0.25) is 4.79 Å². The SMILES string of the molecule is CCNc1ncc(C(=O)NCc2nc3ccccc3[nH]2)s1. The number of hydrogen-bond acceptors (Lipinski definition) is 5. The first kappa shape index (κ1) is 13.6. The lowest BCUT2D eigenvalue weighted by Crippen LogP contribution is -2.22. The summed E-state index contributed by atoms with van der Waals surface area (Å²) in [4.78, 5) is 24.4. The smallest absolute Gasteiger partial charge is 0.263 e. The number of carbonyl (C=O) groups is 1. The van der Waals surface area contributed by atoms with E-state index in [2.05, 4.69) is 25.6 Å². The van der Waals surface area contributed by atoms with Gasteiger partial charge in [0.1, 0.15) is 10.7 Å². The van der Waals surface area contributed by atoms with Crippen LogP contribution in [0.3, 0.4) is 0 Å². The predicted octanol–water partition coefficient (Wildman–Crippen LogP) is 2.38. The summed E-state index contributed by atoms with van der Waals surface area (Å²) < 4.78 is 0. The highest BCUT2D eigenvalue weighted by Gasteiger charge is 2.11. The molecular formula is C14H15N5OS. The second kappa shape index (κ2) is 5.92. The third-order valence-corrected chi connectivity index (χ3v) is 3.87. The van der Waals surface area contributed by atoms with E-state index >= 15 is 0 Å². The molecule has 6 nitrogen and oxygen atoms in total. The largest absolute Gasteiger partial charge is 0.362 e. The lowest BCUT2D eigenvalue weighted by molar-refractivity contribution is 0.0954. The Labute approximate surface area is 125 Å². The van der Waals surface area contributed by atoms with Gasteiger partial charge in [0.25, 0.3) is 5.91 Å². The molecule has 0 atom stereocenters. The normalized spacial score (nSPS) is 10.7. The van der Waals surface area contributed by atoms with Crippen molar-refractivity contribution in [3.05, 3.63) is 41.2 Å². The Morgan fingerprint density at radius 1 is 1.38 bits per heavy atom. The van der Waals surface area contributed by atoms with Crippen molar-refractivity contribution in [2.75, 3.05) is 11.9 Å². The number of amides is 1. The van der Waals surface area contributed by atoms with Crippen molar-refractivity contribution >= 4 is 33.4 Å². The minimum Gasteiger partial charge on any atom is -0.362 e. The number of aromatic amines is 1. The molecule has 0 bridgehead atoms. The molecular weight excluding hydrogens is 286 g/mol. The maximum absolute atomic E-state index is 12.0. The Morgan fingerprint density at radius 2 is 2.24 bits per heavy atom. The van der Waals surface area contributed by atoms with Crippen LogP contribution in [0, 0.1) is 0 Å². The zero-order valence-corrected chi connectivity index (χ0v) is 12.3. The highest BCUT2D eigenvalue weighted by atomic mass is 32.1. The molecule has 3 aromatic rings. The second-order valence-electron chi connectivity index (χ2n) is 4.44. The molecule has 21 heavy (non-hydrogen) atoms. The lowest BCUT2D eigenvalue weighted by atomic mass is 10.3. The molecule has 0 saturated heterocycles. The number of imidazole rings is 1. The van der Waals surface area contributed by atoms with Crippen LogP contribution in [0.1, 0.15) is 22.4 Å². The Bertz CT molecular complexity index is 730. The summed E-state index contributed by atoms with van der Waals surface area (Å²) in [5, 5.41) is 6.68. The van der Waals surface area contributed by atoms with Crippen LogP contribution >= 0.6 is 11.3 Å². The van der Waals surface area contributed by atoms with Gasteiger partial charge in [0.2, 0.25) is 0 Å². The molecule has 2 aromatic heterocycles. The average molecular weight is 301 g/mol. The van der Waals surface area contributed by atoms with Gasteiger partial charge >= 0.3 is 0 Å². The molecule has 0 aliphatic carbocycles. The number of hydrogen-bond donors (Lipinski definition) is 3. The third kappa shape index (κ3) is 3.03. The summed E-state index contributed by atoms with van der Waals surface area (Å²) in [7, 11) is 0. The van der Waals surface area contributed by atoms with E-state index in [1.807, 2.05) is 31.2 Å². The molecule has 1 aromatic carbocycles. The highest BCUT2D eigenvalue weighted by Crippen LogP contribution is 2.17. The number of para-hydroxylation sites is 2. The van der Waals surface area contributed by atoms with E-state index in [9.17, 15) is 4.79 Å². The van der Waals surface area contributed by atoms with Crippen molar-refractivity contribution < 1.29 is 4.79 Å². The molecule has 3 N–H and O–H groups in total. The number of thiazole rings is 1. The number of fused-ring (bicyclic) bond motifs is 1. The van der Waals surface area contributed by atoms with E-state index in [-0.39, 0.29) is 5.91 Å². The summed E-state index contributed by atoms with van der Waals surface area (Å²) >= 11 is 1.34. The molecule has 0 unspecified atom stereocenters. The quantitative estimate of drug-likeness (QED) is 0.675. The van der Waals surface area contributed by atoms with Gasteiger partial charge in [-0.25, -0.2) is 9.97 Å². The van der Waals surface area contributed by atoms with Crippen LogP contribution in [0.25, 0.3) is 11.0 Å². The second-order valence-corrected chi connectivity index (χ2v) is 5.47. The van der Waals surface area contributed by atoms with Crippen LogP contribution in [0.15, 0.2) is 30.5 Å². The van der Waals surface area contributed by atoms with Crippen molar-refractivity contribution in [3.8, 4) is 0 Å². The number of carbonyl (C=O) groups excluding carboxylic acids is 1. The number of benzene rings is 1. The topological polar surface area (TPSA) is 82.7 Å². The molecule has 0 radical (unpaired) electrons. The molecule has 0 saturated carbocycles. The van der Waals surface area contributed by atoms with Crippen LogP contribution in [0.2, 0.25) is 0 Å². The summed E-state index contributed by atoms with van der Waals surface area (Å²) in [6.07, 6.45) is 1.58. The Morgan fingerprint density at radius 3 is 3.05 bits per heavy atom. The number of aromatic nitrogens is 3. The number of anilines is 1. The van der Waals surface area contributed by atoms with E-state index in [4.69, 9.17) is 0 Å². The van der Waals surface area contributed by atoms with Crippen LogP contribution in [0.4, 0.5) is 5.13 Å². The van der Waals surface area contributed by atoms with Gasteiger partial charge in [-0.15, -0.1) is 0 Å². The Balaban J connectivity index is 1.64. The fourth-order valence-corrected chi connectivity index (χ4v) is 2.75. The minimum atomic E-state index is -0.142. The molecule has 0 fully saturated rings. The molecule has 1 amide bonds. The van der Waals surface area contributed by atoms with Crippen molar-refractivity contribution in [3.63, 3.8) is 0 Å². The molecule has 0 aliphatic rings. The van der Waals surface area contributed by atoms with Gasteiger partial charge in [0, 0.05) is 6.54 Å². The third-order valence-electron chi connectivity index (χ3n) is 2.91. The maximum Gasteiger partial charge on any atom is 0.263 e. The number of rotatable bonds is 5. The monoisotopic (exact) mass is 301 g/mol. The first-order valence-corrected chi connectivity index (χ1v) is 7.49. The first-order chi connectivity index (χ1) is 10.3. The number of H-pyrrole nitrogens is 1. The molecule has 3 rings (SSSR count). The van der Waals surface area contributed by atoms with E-state index in [1.54, 1.807) is 6.20 Å². The van der Waals surface area contributed by atoms with Gasteiger partial charge in [0.05, 0.1) is 23.8 Å². The number of nitrogens with zero attached hydrogens (tertiary/aromatic N) is 2. The van der Waals surface area contributed by atoms with Gasteiger partial charge in [-0.05, 0) is 19.1 Å². The molecule has 2 heterocycles. The van der Waals surface area contributed by atoms with Crippen LogP contribution in [0.5, 0.6) is 0 Å². The summed E-state index contributed by atoms with van der Waals surface area (Å²) in [5.41, 5.74) is 1.86. The maximum atomic E-state index is 12.0. The van der Waals surface area contributed by atoms with Crippen LogP contribution in [-0.2, 0) is 6.54 Å². The van der Waals surface area contributed by atoms with Crippen molar-refractivity contribution in [2.45, 2.75) is 13.5 Å². The van der Waals surface area contributed by atoms with Gasteiger partial charge < -0.3 is 15.6 Å². The summed E-state index contributed by atoms with van der Waals surface area (Å²) in [6, 6.07) is 7.77. The zero-order valence-electron chi connectivity index (χ0n) is 11.5. The van der Waals surface area contributed by atoms with Crippen LogP contribution in [-0.4, -0.2) is 27.4 Å². The highest BCUT2D eigenvalue weighted by molar-refractivity contribution is 7.17. The zero-order chi connectivity index (χ0) is 14.7. The van der Waals surface area contributed by atoms with E-state index < -0.39 is 0 Å². The Kier molecular flexibility index (Phi) is 3.83. The molecule has 0 spiro atoms. The summed E-state index contributed by atoms with van der Waals surface area (Å²) in [5.74, 6) is 0.595. The van der Waals surface area contributed by atoms with E-state index in [0.29, 0.717) is 11.4 Å². The molecule has 108 valence electrons. The number of nitrogens with one attached hydrogen (secondary N) is 3. The van der Waals surface area contributed by atoms with Gasteiger partial charge in [-0.1, -0.05) is 23.5 Å². The van der Waals surface area contributed by atoms with E-state index in [0.717, 1.165) is 28.5 Å². The van der Waals surface area contributed by atoms with E-state index in [1.165, 1.54) is 11.3 Å². The van der Waals surface area contributed by atoms with Crippen LogP contribution < -0.4 is 10.6 Å². The van der Waals surface area contributed by atoms with Gasteiger partial charge in [0.15, 0.2) is 5.13 Å². The first-order valence-electron chi connectivity index (χ1n) is 6.68. The lowest BCUT2D eigenvalue weighted by Gasteiger charge is -1.99. The van der Waals surface area contributed by atoms with Crippen molar-refractivity contribution in [1.82, 2.24) is 20.3 Å². The minimum absolute atomic E-state index is 0.142. The fraction of sp³-hybridized carbons (Fsp3) is 0.214. The van der Waals surface area contributed by atoms with Gasteiger partial charge in [-0.2, -0.15) is 0 Å². The molecule has 7 heteroatoms. The van der Waals surface area contributed by atoms with Crippen molar-refractivity contribution in [1.29, 1.82) is 0 Å². The summed E-state index contributed by atoms with van der Waals surface area (Å²) in [6.45, 7) is 3.14. The molecule has 0 aliphatic heterocycles. The predicted molar refractivity (Wildman–Crippen MR) is 83.5 cm³/mol. The Hall–Kier alpha value is -2.41. The standard InChI is InChI=1S/C14H15N5OS/c1-2-15-14-17-7-11(21-14)13(20)16-8-12-18-9-5-3-4-6-10(9)19-12/h3-7H,2,8H2,1H3,(H,15,17)(H,16,20)(H,18,19). The fourth-order valence-electron chi connectivity index (χ4n) is 1.95.